The third-order valence-corrected chi connectivity index (χ3v) is 3.24. The average molecular weight is 270 g/mol. The zero-order valence-electron chi connectivity index (χ0n) is 10.1. The molecular weight excluding hydrogens is 258 g/mol. The number of aromatic amines is 1. The van der Waals surface area contributed by atoms with E-state index in [1.54, 1.807) is 0 Å². The summed E-state index contributed by atoms with van der Waals surface area (Å²) >= 11 is 5.91. The van der Waals surface area contributed by atoms with Crippen LogP contribution >= 0.6 is 11.6 Å². The molecule has 0 unspecified atom stereocenters. The van der Waals surface area contributed by atoms with Crippen LogP contribution < -0.4 is 5.73 Å². The number of benzene rings is 2. The molecule has 0 aliphatic heterocycles. The number of halogens is 1. The van der Waals surface area contributed by atoms with E-state index >= 15 is 0 Å². The predicted octanol–water partition coefficient (Wildman–Crippen LogP) is 3.98. The van der Waals surface area contributed by atoms with Gasteiger partial charge in [0.2, 0.25) is 0 Å². The van der Waals surface area contributed by atoms with Gasteiger partial charge in [0, 0.05) is 10.6 Å². The van der Waals surface area contributed by atoms with Gasteiger partial charge in [0.25, 0.3) is 0 Å². The van der Waals surface area contributed by atoms with Crippen molar-refractivity contribution < 1.29 is 0 Å². The number of nitrogens with two attached hydrogens (primary N) is 1. The van der Waals surface area contributed by atoms with E-state index in [-0.39, 0.29) is 0 Å². The van der Waals surface area contributed by atoms with Crippen LogP contribution in [0.2, 0.25) is 5.02 Å². The minimum Gasteiger partial charge on any atom is -0.382 e. The monoisotopic (exact) mass is 269 g/mol. The van der Waals surface area contributed by atoms with Crippen molar-refractivity contribution in [2.75, 3.05) is 5.73 Å². The molecule has 0 bridgehead atoms. The molecule has 19 heavy (non-hydrogen) atoms. The van der Waals surface area contributed by atoms with Gasteiger partial charge in [-0.15, -0.1) is 0 Å². The summed E-state index contributed by atoms with van der Waals surface area (Å²) in [5.41, 5.74) is 9.84. The largest absolute Gasteiger partial charge is 0.382 e. The zero-order chi connectivity index (χ0) is 13.2. The lowest BCUT2D eigenvalue weighted by Crippen LogP contribution is -1.88. The molecule has 2 aromatic carbocycles. The van der Waals surface area contributed by atoms with Crippen LogP contribution in [0.25, 0.3) is 22.4 Å². The second-order valence-electron chi connectivity index (χ2n) is 4.23. The molecule has 4 heteroatoms. The van der Waals surface area contributed by atoms with Crippen molar-refractivity contribution in [2.24, 2.45) is 0 Å². The van der Waals surface area contributed by atoms with Gasteiger partial charge in [-0.3, -0.25) is 5.10 Å². The quantitative estimate of drug-likeness (QED) is 0.739. The van der Waals surface area contributed by atoms with Gasteiger partial charge in [0.15, 0.2) is 5.82 Å². The van der Waals surface area contributed by atoms with E-state index in [4.69, 9.17) is 17.3 Å². The Morgan fingerprint density at radius 3 is 2.26 bits per heavy atom. The number of nitrogens with one attached hydrogen (secondary N) is 1. The Hall–Kier alpha value is -2.26. The molecule has 0 radical (unpaired) electrons. The summed E-state index contributed by atoms with van der Waals surface area (Å²) in [4.78, 5) is 0. The molecule has 1 heterocycles. The molecule has 3 rings (SSSR count). The molecule has 0 fully saturated rings. The molecule has 0 atom stereocenters. The molecule has 0 spiro atoms. The van der Waals surface area contributed by atoms with Crippen LogP contribution in [0.1, 0.15) is 0 Å². The van der Waals surface area contributed by atoms with Gasteiger partial charge in [0.1, 0.15) is 0 Å². The van der Waals surface area contributed by atoms with Crippen molar-refractivity contribution >= 4 is 17.4 Å². The van der Waals surface area contributed by atoms with Crippen molar-refractivity contribution in [1.29, 1.82) is 0 Å². The highest BCUT2D eigenvalue weighted by atomic mass is 35.5. The average Bonchev–Trinajstić information content (AvgIpc) is 2.83. The van der Waals surface area contributed by atoms with Crippen LogP contribution in [0.5, 0.6) is 0 Å². The number of H-pyrrole nitrogens is 1. The van der Waals surface area contributed by atoms with Crippen LogP contribution in [0.15, 0.2) is 54.6 Å². The van der Waals surface area contributed by atoms with Gasteiger partial charge in [-0.05, 0) is 17.7 Å². The van der Waals surface area contributed by atoms with Crippen molar-refractivity contribution in [3.05, 3.63) is 59.6 Å². The minimum atomic E-state index is 0.487. The number of nitrogen functional groups attached to an aromatic ring is 1. The van der Waals surface area contributed by atoms with E-state index < -0.39 is 0 Å². The second kappa shape index (κ2) is 4.78. The summed E-state index contributed by atoms with van der Waals surface area (Å²) < 4.78 is 0. The number of aromatic nitrogens is 2. The van der Waals surface area contributed by atoms with Crippen LogP contribution in [-0.2, 0) is 0 Å². The van der Waals surface area contributed by atoms with Crippen molar-refractivity contribution in [2.45, 2.75) is 0 Å². The number of anilines is 1. The van der Waals surface area contributed by atoms with Gasteiger partial charge < -0.3 is 5.73 Å². The Balaban J connectivity index is 2.17. The normalized spacial score (nSPS) is 10.6. The molecule has 3 aromatic rings. The van der Waals surface area contributed by atoms with Gasteiger partial charge >= 0.3 is 0 Å². The Kier molecular flexibility index (Phi) is 2.97. The van der Waals surface area contributed by atoms with Gasteiger partial charge in [-0.1, -0.05) is 54.1 Å². The van der Waals surface area contributed by atoms with E-state index in [0.29, 0.717) is 10.8 Å². The maximum Gasteiger partial charge on any atom is 0.153 e. The van der Waals surface area contributed by atoms with Crippen LogP contribution in [0.3, 0.4) is 0 Å². The summed E-state index contributed by atoms with van der Waals surface area (Å²) in [6.07, 6.45) is 0. The number of rotatable bonds is 2. The Morgan fingerprint density at radius 1 is 0.895 bits per heavy atom. The molecule has 0 aliphatic carbocycles. The molecule has 3 N–H and O–H groups in total. The standard InChI is InChI=1S/C15H12ClN3/c16-12-8-6-10(7-9-12)13-14(18-19-15(13)17)11-4-2-1-3-5-11/h1-9H,(H3,17,18,19). The van der Waals surface area contributed by atoms with Crippen LogP contribution in [-0.4, -0.2) is 10.2 Å². The summed E-state index contributed by atoms with van der Waals surface area (Å²) in [6.45, 7) is 0. The SMILES string of the molecule is Nc1n[nH]c(-c2ccccc2)c1-c1ccc(Cl)cc1. The molecule has 1 aromatic heterocycles. The van der Waals surface area contributed by atoms with Gasteiger partial charge in [-0.25, -0.2) is 0 Å². The molecule has 3 nitrogen and oxygen atoms in total. The Morgan fingerprint density at radius 2 is 1.58 bits per heavy atom. The van der Waals surface area contributed by atoms with E-state index in [1.807, 2.05) is 54.6 Å². The van der Waals surface area contributed by atoms with Crippen molar-refractivity contribution in [3.8, 4) is 22.4 Å². The highest BCUT2D eigenvalue weighted by molar-refractivity contribution is 6.30. The Bertz CT molecular complexity index is 687. The van der Waals surface area contributed by atoms with E-state index in [9.17, 15) is 0 Å². The van der Waals surface area contributed by atoms with Crippen molar-refractivity contribution in [1.82, 2.24) is 10.2 Å². The lowest BCUT2D eigenvalue weighted by atomic mass is 10.0. The third kappa shape index (κ3) is 2.20. The molecule has 94 valence electrons. The maximum absolute atomic E-state index is 5.97. The maximum atomic E-state index is 5.97. The topological polar surface area (TPSA) is 54.7 Å². The third-order valence-electron chi connectivity index (χ3n) is 2.99. The summed E-state index contributed by atoms with van der Waals surface area (Å²) in [5, 5.41) is 7.81. The fourth-order valence-corrected chi connectivity index (χ4v) is 2.20. The second-order valence-corrected chi connectivity index (χ2v) is 4.67. The first-order chi connectivity index (χ1) is 9.25. The number of hydrogen-bond donors (Lipinski definition) is 2. The molecule has 0 amide bonds. The fourth-order valence-electron chi connectivity index (χ4n) is 2.08. The highest BCUT2D eigenvalue weighted by Crippen LogP contribution is 2.34. The lowest BCUT2D eigenvalue weighted by molar-refractivity contribution is 1.10. The number of hydrogen-bond acceptors (Lipinski definition) is 2. The fraction of sp³-hybridized carbons (Fsp3) is 0. The summed E-state index contributed by atoms with van der Waals surface area (Å²) in [7, 11) is 0. The van der Waals surface area contributed by atoms with Gasteiger partial charge in [0.05, 0.1) is 11.3 Å². The van der Waals surface area contributed by atoms with Crippen molar-refractivity contribution in [3.63, 3.8) is 0 Å². The van der Waals surface area contributed by atoms with Crippen LogP contribution in [0, 0.1) is 0 Å². The van der Waals surface area contributed by atoms with Gasteiger partial charge in [-0.2, -0.15) is 5.10 Å². The number of nitrogens with zero attached hydrogens (tertiary/aromatic N) is 1. The smallest absolute Gasteiger partial charge is 0.153 e. The van der Waals surface area contributed by atoms with E-state index in [1.165, 1.54) is 0 Å². The predicted molar refractivity (Wildman–Crippen MR) is 78.9 cm³/mol. The summed E-state index contributed by atoms with van der Waals surface area (Å²) in [5.74, 6) is 0.487. The molecule has 0 saturated carbocycles. The zero-order valence-corrected chi connectivity index (χ0v) is 10.9. The minimum absolute atomic E-state index is 0.487. The lowest BCUT2D eigenvalue weighted by Gasteiger charge is -2.05. The molecule has 0 saturated heterocycles. The van der Waals surface area contributed by atoms with Crippen LogP contribution in [0.4, 0.5) is 5.82 Å². The first-order valence-corrected chi connectivity index (χ1v) is 6.28. The molecule has 0 aliphatic rings. The highest BCUT2D eigenvalue weighted by Gasteiger charge is 2.14. The van der Waals surface area contributed by atoms with E-state index in [0.717, 1.165) is 22.4 Å². The first kappa shape index (κ1) is 11.8. The molecular formula is C15H12ClN3. The summed E-state index contributed by atoms with van der Waals surface area (Å²) in [6, 6.07) is 17.6. The first-order valence-electron chi connectivity index (χ1n) is 5.91. The Labute approximate surface area is 116 Å². The van der Waals surface area contributed by atoms with E-state index in [2.05, 4.69) is 10.2 Å².